The monoisotopic (exact) mass is 328 g/mol. The maximum atomic E-state index is 11.2. The number of carboxylic acid groups (broad SMARTS) is 1. The molecule has 0 radical (unpaired) electrons. The van der Waals surface area contributed by atoms with Gasteiger partial charge in [-0.05, 0) is 35.2 Å². The number of aliphatic carboxylic acids is 1. The van der Waals surface area contributed by atoms with Crippen LogP contribution in [0.4, 0.5) is 0 Å². The molecule has 3 rings (SSSR count). The molecule has 19 heavy (non-hydrogen) atoms. The van der Waals surface area contributed by atoms with Crippen molar-refractivity contribution in [3.8, 4) is 0 Å². The van der Waals surface area contributed by atoms with Crippen LogP contribution in [0.3, 0.4) is 0 Å². The Bertz CT molecular complexity index is 494. The zero-order chi connectivity index (χ0) is 13.4. The summed E-state index contributed by atoms with van der Waals surface area (Å²) in [4.78, 5) is 15.8. The number of carbonyl (C=O) groups is 1. The minimum Gasteiger partial charge on any atom is -0.481 e. The smallest absolute Gasteiger partial charge is 0.306 e. The second-order valence-corrected chi connectivity index (χ2v) is 5.99. The largest absolute Gasteiger partial charge is 0.481 e. The molecule has 2 aliphatic heterocycles. The van der Waals surface area contributed by atoms with E-state index in [-0.39, 0.29) is 5.92 Å². The number of aromatic nitrogens is 2. The molecule has 0 bridgehead atoms. The SMILES string of the molecule is O=C(O)C1CCn2c(Br)nc(C3CCOCC3)c2C1. The van der Waals surface area contributed by atoms with Gasteiger partial charge in [0, 0.05) is 37.8 Å². The minimum absolute atomic E-state index is 0.269. The standard InChI is InChI=1S/C13H17BrN2O3/c14-13-15-11(8-2-5-19-6-3-8)10-7-9(12(17)18)1-4-16(10)13/h8-9H,1-7H2,(H,17,18). The topological polar surface area (TPSA) is 64.3 Å². The molecule has 0 spiro atoms. The van der Waals surface area contributed by atoms with Crippen molar-refractivity contribution in [1.29, 1.82) is 0 Å². The number of fused-ring (bicyclic) bond motifs is 1. The van der Waals surface area contributed by atoms with Gasteiger partial charge in [-0.1, -0.05) is 0 Å². The molecule has 6 heteroatoms. The quantitative estimate of drug-likeness (QED) is 0.903. The Morgan fingerprint density at radius 1 is 1.37 bits per heavy atom. The van der Waals surface area contributed by atoms with Gasteiger partial charge in [0.2, 0.25) is 0 Å². The molecular weight excluding hydrogens is 312 g/mol. The minimum atomic E-state index is -0.693. The first kappa shape index (κ1) is 13.1. The number of rotatable bonds is 2. The normalized spacial score (nSPS) is 24.2. The van der Waals surface area contributed by atoms with Crippen molar-refractivity contribution in [3.05, 3.63) is 16.1 Å². The molecular formula is C13H17BrN2O3. The van der Waals surface area contributed by atoms with E-state index in [1.807, 2.05) is 0 Å². The molecule has 1 saturated heterocycles. The van der Waals surface area contributed by atoms with Crippen LogP contribution in [0.2, 0.25) is 0 Å². The summed E-state index contributed by atoms with van der Waals surface area (Å²) >= 11 is 3.50. The summed E-state index contributed by atoms with van der Waals surface area (Å²) in [5, 5.41) is 9.21. The number of hydrogen-bond donors (Lipinski definition) is 1. The third-order valence-electron chi connectivity index (χ3n) is 4.16. The molecule has 0 amide bonds. The molecule has 1 atom stereocenters. The fourth-order valence-electron chi connectivity index (χ4n) is 3.05. The summed E-state index contributed by atoms with van der Waals surface area (Å²) in [6.07, 6.45) is 3.24. The van der Waals surface area contributed by atoms with Gasteiger partial charge in [-0.2, -0.15) is 0 Å². The molecule has 104 valence electrons. The van der Waals surface area contributed by atoms with Crippen molar-refractivity contribution in [3.63, 3.8) is 0 Å². The summed E-state index contributed by atoms with van der Waals surface area (Å²) in [5.41, 5.74) is 2.19. The van der Waals surface area contributed by atoms with E-state index in [4.69, 9.17) is 4.74 Å². The summed E-state index contributed by atoms with van der Waals surface area (Å²) in [7, 11) is 0. The summed E-state index contributed by atoms with van der Waals surface area (Å²) in [6, 6.07) is 0. The molecule has 0 aliphatic carbocycles. The van der Waals surface area contributed by atoms with Gasteiger partial charge in [0.15, 0.2) is 4.73 Å². The third kappa shape index (κ3) is 2.43. The lowest BCUT2D eigenvalue weighted by atomic mass is 9.89. The first-order valence-electron chi connectivity index (χ1n) is 6.72. The van der Waals surface area contributed by atoms with Crippen molar-refractivity contribution < 1.29 is 14.6 Å². The lowest BCUT2D eigenvalue weighted by Crippen LogP contribution is -2.26. The van der Waals surface area contributed by atoms with Gasteiger partial charge in [-0.15, -0.1) is 0 Å². The van der Waals surface area contributed by atoms with Crippen LogP contribution in [-0.2, 0) is 22.5 Å². The van der Waals surface area contributed by atoms with Gasteiger partial charge in [-0.25, -0.2) is 4.98 Å². The van der Waals surface area contributed by atoms with E-state index < -0.39 is 5.97 Å². The second kappa shape index (κ2) is 5.25. The Morgan fingerprint density at radius 3 is 2.79 bits per heavy atom. The molecule has 1 unspecified atom stereocenters. The van der Waals surface area contributed by atoms with Crippen molar-refractivity contribution >= 4 is 21.9 Å². The first-order chi connectivity index (χ1) is 9.16. The lowest BCUT2D eigenvalue weighted by molar-refractivity contribution is -0.142. The fourth-order valence-corrected chi connectivity index (χ4v) is 3.63. The maximum absolute atomic E-state index is 11.2. The van der Waals surface area contributed by atoms with E-state index in [1.54, 1.807) is 0 Å². The summed E-state index contributed by atoms with van der Waals surface area (Å²) < 4.78 is 8.36. The average Bonchev–Trinajstić information content (AvgIpc) is 2.77. The fraction of sp³-hybridized carbons (Fsp3) is 0.692. The zero-order valence-corrected chi connectivity index (χ0v) is 12.2. The number of carboxylic acids is 1. The lowest BCUT2D eigenvalue weighted by Gasteiger charge is -2.25. The van der Waals surface area contributed by atoms with Crippen LogP contribution < -0.4 is 0 Å². The van der Waals surface area contributed by atoms with Crippen LogP contribution in [0.1, 0.15) is 36.6 Å². The highest BCUT2D eigenvalue weighted by atomic mass is 79.9. The van der Waals surface area contributed by atoms with Crippen LogP contribution in [0.25, 0.3) is 0 Å². The first-order valence-corrected chi connectivity index (χ1v) is 7.51. The number of hydrogen-bond acceptors (Lipinski definition) is 3. The third-order valence-corrected chi connectivity index (χ3v) is 4.76. The zero-order valence-electron chi connectivity index (χ0n) is 10.6. The number of imidazole rings is 1. The molecule has 1 aromatic rings. The van der Waals surface area contributed by atoms with Gasteiger partial charge in [0.25, 0.3) is 0 Å². The summed E-state index contributed by atoms with van der Waals surface area (Å²) in [5.74, 6) is -0.551. The predicted molar refractivity (Wildman–Crippen MR) is 72.2 cm³/mol. The Morgan fingerprint density at radius 2 is 2.11 bits per heavy atom. The van der Waals surface area contributed by atoms with Crippen LogP contribution in [0, 0.1) is 5.92 Å². The Labute approximate surface area is 120 Å². The highest BCUT2D eigenvalue weighted by molar-refractivity contribution is 9.10. The van der Waals surface area contributed by atoms with E-state index >= 15 is 0 Å². The van der Waals surface area contributed by atoms with Crippen molar-refractivity contribution in [2.45, 2.75) is 38.1 Å². The summed E-state index contributed by atoms with van der Waals surface area (Å²) in [6.45, 7) is 2.29. The predicted octanol–water partition coefficient (Wildman–Crippen LogP) is 2.19. The Kier molecular flexibility index (Phi) is 3.62. The van der Waals surface area contributed by atoms with Crippen LogP contribution in [0.5, 0.6) is 0 Å². The molecule has 1 fully saturated rings. The van der Waals surface area contributed by atoms with E-state index in [0.29, 0.717) is 18.8 Å². The number of halogens is 1. The van der Waals surface area contributed by atoms with E-state index in [2.05, 4.69) is 25.5 Å². The van der Waals surface area contributed by atoms with Gasteiger partial charge >= 0.3 is 5.97 Å². The molecule has 5 nitrogen and oxygen atoms in total. The van der Waals surface area contributed by atoms with Gasteiger partial charge in [0.1, 0.15) is 0 Å². The van der Waals surface area contributed by atoms with Crippen LogP contribution >= 0.6 is 15.9 Å². The van der Waals surface area contributed by atoms with Gasteiger partial charge in [0.05, 0.1) is 11.6 Å². The van der Waals surface area contributed by atoms with E-state index in [1.165, 1.54) is 0 Å². The molecule has 2 aliphatic rings. The molecule has 0 saturated carbocycles. The number of nitrogens with zero attached hydrogens (tertiary/aromatic N) is 2. The Hall–Kier alpha value is -0.880. The van der Waals surface area contributed by atoms with Crippen LogP contribution in [-0.4, -0.2) is 33.8 Å². The molecule has 1 aromatic heterocycles. The highest BCUT2D eigenvalue weighted by Crippen LogP contribution is 2.35. The highest BCUT2D eigenvalue weighted by Gasteiger charge is 2.31. The number of ether oxygens (including phenoxy) is 1. The van der Waals surface area contributed by atoms with E-state index in [9.17, 15) is 9.90 Å². The van der Waals surface area contributed by atoms with Crippen molar-refractivity contribution in [2.24, 2.45) is 5.92 Å². The van der Waals surface area contributed by atoms with Crippen molar-refractivity contribution in [1.82, 2.24) is 9.55 Å². The Balaban J connectivity index is 1.91. The second-order valence-electron chi connectivity index (χ2n) is 5.28. The average molecular weight is 329 g/mol. The molecule has 3 heterocycles. The molecule has 0 aromatic carbocycles. The van der Waals surface area contributed by atoms with Gasteiger partial charge in [-0.3, -0.25) is 4.79 Å². The molecule has 1 N–H and O–H groups in total. The van der Waals surface area contributed by atoms with E-state index in [0.717, 1.165) is 48.7 Å². The van der Waals surface area contributed by atoms with Crippen LogP contribution in [0.15, 0.2) is 4.73 Å². The van der Waals surface area contributed by atoms with Crippen molar-refractivity contribution in [2.75, 3.05) is 13.2 Å². The van der Waals surface area contributed by atoms with Gasteiger partial charge < -0.3 is 14.4 Å². The maximum Gasteiger partial charge on any atom is 0.306 e.